The molecule has 1 aromatic heterocycles. The lowest BCUT2D eigenvalue weighted by Gasteiger charge is -2.17. The Hall–Kier alpha value is -4.48. The smallest absolute Gasteiger partial charge is 0.225 e. The topological polar surface area (TPSA) is 93.5 Å². The van der Waals surface area contributed by atoms with Crippen LogP contribution >= 0.6 is 11.8 Å². The highest BCUT2D eigenvalue weighted by atomic mass is 32.2. The molecule has 0 fully saturated rings. The molecule has 41 heavy (non-hydrogen) atoms. The van der Waals surface area contributed by atoms with E-state index in [1.165, 1.54) is 11.8 Å². The van der Waals surface area contributed by atoms with Crippen LogP contribution in [0.25, 0.3) is 22.4 Å². The highest BCUT2D eigenvalue weighted by Crippen LogP contribution is 2.43. The van der Waals surface area contributed by atoms with Crippen LogP contribution in [0.2, 0.25) is 0 Å². The number of hydrogen-bond acceptors (Lipinski definition) is 7. The van der Waals surface area contributed by atoms with Gasteiger partial charge in [0.05, 0.1) is 32.6 Å². The van der Waals surface area contributed by atoms with Crippen molar-refractivity contribution in [2.75, 3.05) is 32.4 Å². The molecule has 0 aliphatic heterocycles. The Balaban J connectivity index is 1.70. The van der Waals surface area contributed by atoms with Gasteiger partial charge in [-0.2, -0.15) is 5.26 Å². The van der Waals surface area contributed by atoms with Crippen LogP contribution in [0.3, 0.4) is 0 Å². The van der Waals surface area contributed by atoms with Crippen LogP contribution in [-0.2, 0) is 11.2 Å². The standard InChI is InChI=1S/C33H33N3O4S/c1-6-22-14-10-11-21(2)31(22)36-30(37)15-16-41-33-26(20-34)25(19-27(35-33)23-12-8-7-9-13-23)24-17-28(38-3)32(40-5)29(18-24)39-4/h7-14,17-19H,6,15-16H2,1-5H3,(H,36,37). The largest absolute Gasteiger partial charge is 0.493 e. The summed E-state index contributed by atoms with van der Waals surface area (Å²) < 4.78 is 16.6. The van der Waals surface area contributed by atoms with Gasteiger partial charge >= 0.3 is 0 Å². The molecule has 0 bridgehead atoms. The second-order valence-electron chi connectivity index (χ2n) is 9.24. The average Bonchev–Trinajstić information content (AvgIpc) is 3.01. The van der Waals surface area contributed by atoms with Gasteiger partial charge in [0.25, 0.3) is 0 Å². The van der Waals surface area contributed by atoms with Crippen molar-refractivity contribution >= 4 is 23.4 Å². The number of rotatable bonds is 11. The molecule has 4 rings (SSSR count). The summed E-state index contributed by atoms with van der Waals surface area (Å²) in [6, 6.07) is 23.7. The van der Waals surface area contributed by atoms with Crippen molar-refractivity contribution in [2.24, 2.45) is 0 Å². The number of aromatic nitrogens is 1. The lowest BCUT2D eigenvalue weighted by Crippen LogP contribution is -2.14. The molecule has 0 aliphatic carbocycles. The number of anilines is 1. The van der Waals surface area contributed by atoms with Gasteiger partial charge in [-0.1, -0.05) is 55.5 Å². The number of pyridine rings is 1. The van der Waals surface area contributed by atoms with Gasteiger partial charge in [-0.25, -0.2) is 4.98 Å². The molecule has 0 spiro atoms. The number of nitrogens with zero attached hydrogens (tertiary/aromatic N) is 2. The van der Waals surface area contributed by atoms with Crippen molar-refractivity contribution < 1.29 is 19.0 Å². The minimum absolute atomic E-state index is 0.0796. The summed E-state index contributed by atoms with van der Waals surface area (Å²) in [5.41, 5.74) is 6.45. The highest BCUT2D eigenvalue weighted by Gasteiger charge is 2.20. The van der Waals surface area contributed by atoms with Crippen LogP contribution < -0.4 is 19.5 Å². The number of methoxy groups -OCH3 is 3. The van der Waals surface area contributed by atoms with Crippen molar-refractivity contribution in [3.8, 4) is 45.7 Å². The molecular weight excluding hydrogens is 534 g/mol. The summed E-state index contributed by atoms with van der Waals surface area (Å²) in [6.07, 6.45) is 1.10. The quantitative estimate of drug-likeness (QED) is 0.190. The maximum absolute atomic E-state index is 12.9. The predicted octanol–water partition coefficient (Wildman–Crippen LogP) is 7.30. The molecule has 1 amide bonds. The highest BCUT2D eigenvalue weighted by molar-refractivity contribution is 7.99. The van der Waals surface area contributed by atoms with Gasteiger partial charge < -0.3 is 19.5 Å². The van der Waals surface area contributed by atoms with Crippen molar-refractivity contribution in [3.63, 3.8) is 0 Å². The van der Waals surface area contributed by atoms with Crippen LogP contribution in [0.15, 0.2) is 71.8 Å². The van der Waals surface area contributed by atoms with E-state index >= 15 is 0 Å². The van der Waals surface area contributed by atoms with Crippen LogP contribution in [0.5, 0.6) is 17.2 Å². The maximum Gasteiger partial charge on any atom is 0.225 e. The Labute approximate surface area is 245 Å². The van der Waals surface area contributed by atoms with Gasteiger partial charge in [0.2, 0.25) is 11.7 Å². The molecule has 0 saturated heterocycles. The third-order valence-corrected chi connectivity index (χ3v) is 7.69. The summed E-state index contributed by atoms with van der Waals surface area (Å²) in [6.45, 7) is 4.06. The van der Waals surface area contributed by atoms with Gasteiger partial charge in [-0.05, 0) is 48.2 Å². The molecule has 0 atom stereocenters. The molecular formula is C33H33N3O4S. The number of nitrogens with one attached hydrogen (secondary N) is 1. The Morgan fingerprint density at radius 3 is 2.27 bits per heavy atom. The third-order valence-electron chi connectivity index (χ3n) is 6.72. The van der Waals surface area contributed by atoms with Gasteiger partial charge in [0.1, 0.15) is 11.1 Å². The zero-order chi connectivity index (χ0) is 29.4. The zero-order valence-electron chi connectivity index (χ0n) is 23.9. The number of carbonyl (C=O) groups excluding carboxylic acids is 1. The Kier molecular flexibility index (Phi) is 9.88. The normalized spacial score (nSPS) is 10.5. The number of amides is 1. The summed E-state index contributed by atoms with van der Waals surface area (Å²) in [5.74, 6) is 1.81. The zero-order valence-corrected chi connectivity index (χ0v) is 24.7. The second kappa shape index (κ2) is 13.7. The summed E-state index contributed by atoms with van der Waals surface area (Å²) in [4.78, 5) is 17.8. The van der Waals surface area contributed by atoms with E-state index in [-0.39, 0.29) is 12.3 Å². The van der Waals surface area contributed by atoms with Crippen molar-refractivity contribution in [1.29, 1.82) is 5.26 Å². The molecule has 8 heteroatoms. The Morgan fingerprint density at radius 2 is 1.66 bits per heavy atom. The number of nitriles is 1. The number of aryl methyl sites for hydroxylation is 2. The first kappa shape index (κ1) is 29.5. The van der Waals surface area contributed by atoms with E-state index in [0.29, 0.717) is 44.8 Å². The fourth-order valence-corrected chi connectivity index (χ4v) is 5.54. The molecule has 1 heterocycles. The molecule has 1 N–H and O–H groups in total. The summed E-state index contributed by atoms with van der Waals surface area (Å²) in [5, 5.41) is 13.9. The van der Waals surface area contributed by atoms with E-state index in [1.54, 1.807) is 21.3 Å². The lowest BCUT2D eigenvalue weighted by molar-refractivity contribution is -0.115. The third kappa shape index (κ3) is 6.64. The molecule has 3 aromatic carbocycles. The van der Waals surface area contributed by atoms with Gasteiger partial charge in [0, 0.05) is 29.0 Å². The van der Waals surface area contributed by atoms with E-state index in [0.717, 1.165) is 34.4 Å². The van der Waals surface area contributed by atoms with Crippen molar-refractivity contribution in [3.05, 3.63) is 83.4 Å². The van der Waals surface area contributed by atoms with E-state index in [9.17, 15) is 10.1 Å². The molecule has 210 valence electrons. The fourth-order valence-electron chi connectivity index (χ4n) is 4.60. The monoisotopic (exact) mass is 567 g/mol. The van der Waals surface area contributed by atoms with E-state index in [4.69, 9.17) is 19.2 Å². The number of hydrogen-bond donors (Lipinski definition) is 1. The first-order chi connectivity index (χ1) is 19.9. The van der Waals surface area contributed by atoms with Crippen LogP contribution in [0.1, 0.15) is 30.0 Å². The summed E-state index contributed by atoms with van der Waals surface area (Å²) in [7, 11) is 4.66. The van der Waals surface area contributed by atoms with Crippen LogP contribution in [0.4, 0.5) is 5.69 Å². The lowest BCUT2D eigenvalue weighted by atomic mass is 9.98. The molecule has 4 aromatic rings. The Bertz CT molecular complexity index is 1560. The average molecular weight is 568 g/mol. The Morgan fingerprint density at radius 1 is 0.951 bits per heavy atom. The molecule has 0 aliphatic rings. The first-order valence-corrected chi connectivity index (χ1v) is 14.2. The molecule has 0 unspecified atom stereocenters. The maximum atomic E-state index is 12.9. The van der Waals surface area contributed by atoms with Crippen LogP contribution in [-0.4, -0.2) is 38.0 Å². The van der Waals surface area contributed by atoms with Gasteiger partial charge in [0.15, 0.2) is 11.5 Å². The fraction of sp³-hybridized carbons (Fsp3) is 0.242. The van der Waals surface area contributed by atoms with Crippen LogP contribution in [0, 0.1) is 18.3 Å². The number of benzene rings is 3. The van der Waals surface area contributed by atoms with E-state index in [2.05, 4.69) is 18.3 Å². The number of para-hydroxylation sites is 1. The molecule has 0 saturated carbocycles. The molecule has 0 radical (unpaired) electrons. The second-order valence-corrected chi connectivity index (χ2v) is 10.3. The van der Waals surface area contributed by atoms with Crippen molar-refractivity contribution in [1.82, 2.24) is 4.98 Å². The first-order valence-electron chi connectivity index (χ1n) is 13.3. The van der Waals surface area contributed by atoms with E-state index in [1.807, 2.05) is 73.7 Å². The SMILES string of the molecule is CCc1cccc(C)c1NC(=O)CCSc1nc(-c2ccccc2)cc(-c2cc(OC)c(OC)c(OC)c2)c1C#N. The van der Waals surface area contributed by atoms with Crippen molar-refractivity contribution in [2.45, 2.75) is 31.7 Å². The van der Waals surface area contributed by atoms with Gasteiger partial charge in [-0.3, -0.25) is 4.79 Å². The number of ether oxygens (including phenoxy) is 3. The minimum Gasteiger partial charge on any atom is -0.493 e. The predicted molar refractivity (Wildman–Crippen MR) is 164 cm³/mol. The molecule has 7 nitrogen and oxygen atoms in total. The minimum atomic E-state index is -0.0796. The number of carbonyl (C=O) groups is 1. The van der Waals surface area contributed by atoms with Gasteiger partial charge in [-0.15, -0.1) is 11.8 Å². The van der Waals surface area contributed by atoms with E-state index < -0.39 is 0 Å². The summed E-state index contributed by atoms with van der Waals surface area (Å²) >= 11 is 1.39. The number of thioether (sulfide) groups is 1.